The quantitative estimate of drug-likeness (QED) is 0.0244. The summed E-state index contributed by atoms with van der Waals surface area (Å²) in [5, 5.41) is 14.0. The number of hydrogen-bond acceptors (Lipinski definition) is 5. The number of carbonyl (C=O) groups excluding carboxylic acids is 1. The van der Waals surface area contributed by atoms with Crippen molar-refractivity contribution in [3.05, 3.63) is 36.5 Å². The van der Waals surface area contributed by atoms with E-state index in [0.717, 1.165) is 77.0 Å². The fourth-order valence-corrected chi connectivity index (χ4v) is 7.80. The minimum absolute atomic E-state index is 0.0706. The monoisotopic (exact) mass is 840 g/mol. The molecular weight excluding hydrogens is 744 g/mol. The van der Waals surface area contributed by atoms with E-state index < -0.39 is 20.0 Å². The average molecular weight is 840 g/mol. The minimum atomic E-state index is -4.32. The molecule has 0 aliphatic rings. The van der Waals surface area contributed by atoms with Crippen molar-refractivity contribution in [3.63, 3.8) is 0 Å². The van der Waals surface area contributed by atoms with Crippen LogP contribution in [0.4, 0.5) is 0 Å². The van der Waals surface area contributed by atoms with Gasteiger partial charge in [0.2, 0.25) is 5.91 Å². The predicted molar refractivity (Wildman–Crippen MR) is 249 cm³/mol. The zero-order valence-electron chi connectivity index (χ0n) is 38.8. The van der Waals surface area contributed by atoms with E-state index in [0.29, 0.717) is 23.9 Å². The van der Waals surface area contributed by atoms with E-state index in [1.807, 2.05) is 21.1 Å². The molecule has 3 unspecified atom stereocenters. The number of aliphatic hydroxyl groups excluding tert-OH is 1. The summed E-state index contributed by atoms with van der Waals surface area (Å²) in [5.74, 6) is -0.161. The lowest BCUT2D eigenvalue weighted by Crippen LogP contribution is -2.46. The van der Waals surface area contributed by atoms with Crippen LogP contribution in [0.2, 0.25) is 0 Å². The van der Waals surface area contributed by atoms with Gasteiger partial charge < -0.3 is 19.8 Å². The normalized spacial score (nSPS) is 14.5. The van der Waals surface area contributed by atoms with E-state index in [1.54, 1.807) is 0 Å². The molecule has 8 nitrogen and oxygen atoms in total. The van der Waals surface area contributed by atoms with Crippen molar-refractivity contribution in [1.82, 2.24) is 5.32 Å². The van der Waals surface area contributed by atoms with Gasteiger partial charge in [-0.25, -0.2) is 4.57 Å². The van der Waals surface area contributed by atoms with Crippen LogP contribution in [-0.4, -0.2) is 73.4 Å². The molecule has 0 radical (unpaired) electrons. The van der Waals surface area contributed by atoms with Crippen molar-refractivity contribution in [2.45, 2.75) is 231 Å². The number of amides is 1. The number of unbranched alkanes of at least 4 members (excludes halogenated alkanes) is 25. The van der Waals surface area contributed by atoms with Gasteiger partial charge in [0.1, 0.15) is 13.2 Å². The summed E-state index contributed by atoms with van der Waals surface area (Å²) in [6.07, 6.45) is 50.3. The van der Waals surface area contributed by atoms with E-state index in [-0.39, 0.29) is 19.1 Å². The molecule has 0 saturated heterocycles. The van der Waals surface area contributed by atoms with Crippen LogP contribution in [0.15, 0.2) is 36.5 Å². The maximum atomic E-state index is 12.9. The van der Waals surface area contributed by atoms with Crippen molar-refractivity contribution >= 4 is 13.7 Å². The fraction of sp³-hybridized carbons (Fsp3) is 0.857. The topological polar surface area (TPSA) is 105 Å². The van der Waals surface area contributed by atoms with Crippen LogP contribution in [0.1, 0.15) is 219 Å². The maximum Gasteiger partial charge on any atom is 0.472 e. The van der Waals surface area contributed by atoms with Gasteiger partial charge in [-0.1, -0.05) is 204 Å². The Balaban J connectivity index is 4.29. The van der Waals surface area contributed by atoms with Gasteiger partial charge in [0.15, 0.2) is 0 Å². The van der Waals surface area contributed by atoms with Crippen LogP contribution < -0.4 is 5.32 Å². The van der Waals surface area contributed by atoms with Crippen LogP contribution in [0.25, 0.3) is 0 Å². The maximum absolute atomic E-state index is 12.9. The molecule has 0 heterocycles. The molecule has 0 aromatic heterocycles. The first-order valence-electron chi connectivity index (χ1n) is 24.4. The molecule has 0 bridgehead atoms. The number of phosphoric acid groups is 1. The second-order valence-electron chi connectivity index (χ2n) is 17.8. The largest absolute Gasteiger partial charge is 0.472 e. The Bertz CT molecular complexity index is 1040. The van der Waals surface area contributed by atoms with Gasteiger partial charge in [0.05, 0.1) is 39.9 Å². The van der Waals surface area contributed by atoms with E-state index in [1.165, 1.54) is 116 Å². The van der Waals surface area contributed by atoms with Gasteiger partial charge in [0, 0.05) is 6.42 Å². The van der Waals surface area contributed by atoms with Gasteiger partial charge in [-0.3, -0.25) is 13.8 Å². The number of phosphoric ester groups is 1. The highest BCUT2D eigenvalue weighted by Crippen LogP contribution is 2.43. The molecule has 0 fully saturated rings. The number of nitrogens with one attached hydrogen (secondary N) is 1. The van der Waals surface area contributed by atoms with E-state index >= 15 is 0 Å². The van der Waals surface area contributed by atoms with Gasteiger partial charge in [-0.15, -0.1) is 0 Å². The Hall–Kier alpha value is -1.28. The highest BCUT2D eigenvalue weighted by molar-refractivity contribution is 7.47. The van der Waals surface area contributed by atoms with Crippen molar-refractivity contribution in [2.24, 2.45) is 0 Å². The first kappa shape index (κ1) is 56.7. The van der Waals surface area contributed by atoms with E-state index in [9.17, 15) is 19.4 Å². The third-order valence-corrected chi connectivity index (χ3v) is 11.9. The second kappa shape index (κ2) is 41.1. The summed E-state index contributed by atoms with van der Waals surface area (Å²) in [7, 11) is 1.60. The van der Waals surface area contributed by atoms with Crippen molar-refractivity contribution in [2.75, 3.05) is 40.9 Å². The second-order valence-corrected chi connectivity index (χ2v) is 19.3. The van der Waals surface area contributed by atoms with Crippen LogP contribution in [0.5, 0.6) is 0 Å². The standard InChI is InChI=1S/C49H95N2O6P/c1-6-8-10-12-14-16-18-20-22-23-24-25-26-27-29-30-32-34-36-38-40-42-48(52)47(46-57-58(54,55)56-45-44-51(3,4)5)50-49(53)43-41-39-37-35-33-31-28-21-19-17-15-13-11-9-7-2/h9,11,15,17,21,28,47-48,52H,6-8,10,12-14,16,18-20,22-27,29-46H2,1-5H3,(H-,50,53,54,55)/p+1/b11-9-,17-15-,28-21-. The molecule has 0 saturated carbocycles. The number of likely N-dealkylation sites (N-methyl/N-ethyl adjacent to an activating group) is 1. The van der Waals surface area contributed by atoms with Gasteiger partial charge >= 0.3 is 7.82 Å². The Morgan fingerprint density at radius 3 is 1.52 bits per heavy atom. The molecule has 342 valence electrons. The van der Waals surface area contributed by atoms with Crippen LogP contribution >= 0.6 is 7.82 Å². The molecule has 0 aliphatic carbocycles. The molecular formula is C49H96N2O6P+. The number of aliphatic hydroxyl groups is 1. The van der Waals surface area contributed by atoms with Gasteiger partial charge in [-0.05, 0) is 44.9 Å². The summed E-state index contributed by atoms with van der Waals surface area (Å²) in [6, 6.07) is -0.769. The van der Waals surface area contributed by atoms with Gasteiger partial charge in [-0.2, -0.15) is 0 Å². The van der Waals surface area contributed by atoms with E-state index in [4.69, 9.17) is 9.05 Å². The van der Waals surface area contributed by atoms with Crippen molar-refractivity contribution in [3.8, 4) is 0 Å². The van der Waals surface area contributed by atoms with Crippen LogP contribution in [0.3, 0.4) is 0 Å². The summed E-state index contributed by atoms with van der Waals surface area (Å²) >= 11 is 0. The molecule has 3 N–H and O–H groups in total. The SMILES string of the molecule is CC/C=C\C/C=C\C/C=C\CCCCCCCC(=O)NC(COP(=O)(O)OCC[N+](C)(C)C)C(O)CCCCCCCCCCCCCCCCCCCCCCC. The van der Waals surface area contributed by atoms with Crippen LogP contribution in [0, 0.1) is 0 Å². The summed E-state index contributed by atoms with van der Waals surface area (Å²) in [5.41, 5.74) is 0. The third-order valence-electron chi connectivity index (χ3n) is 10.9. The molecule has 58 heavy (non-hydrogen) atoms. The van der Waals surface area contributed by atoms with Crippen molar-refractivity contribution in [1.29, 1.82) is 0 Å². The predicted octanol–water partition coefficient (Wildman–Crippen LogP) is 13.9. The first-order chi connectivity index (χ1) is 28.0. The molecule has 0 rings (SSSR count). The number of nitrogens with zero attached hydrogens (tertiary/aromatic N) is 1. The van der Waals surface area contributed by atoms with Gasteiger partial charge in [0.25, 0.3) is 0 Å². The van der Waals surface area contributed by atoms with Crippen molar-refractivity contribution < 1.29 is 32.9 Å². The highest BCUT2D eigenvalue weighted by atomic mass is 31.2. The first-order valence-corrected chi connectivity index (χ1v) is 25.8. The highest BCUT2D eigenvalue weighted by Gasteiger charge is 2.28. The Labute approximate surface area is 359 Å². The Morgan fingerprint density at radius 2 is 1.03 bits per heavy atom. The summed E-state index contributed by atoms with van der Waals surface area (Å²) < 4.78 is 23.7. The average Bonchev–Trinajstić information content (AvgIpc) is 3.17. The zero-order valence-corrected chi connectivity index (χ0v) is 39.7. The lowest BCUT2D eigenvalue weighted by Gasteiger charge is -2.26. The molecule has 0 aromatic rings. The van der Waals surface area contributed by atoms with Crippen LogP contribution in [-0.2, 0) is 18.4 Å². The lowest BCUT2D eigenvalue weighted by molar-refractivity contribution is -0.870. The minimum Gasteiger partial charge on any atom is -0.391 e. The van der Waals surface area contributed by atoms with E-state index in [2.05, 4.69) is 55.6 Å². The third kappa shape index (κ3) is 42.8. The molecule has 9 heteroatoms. The number of quaternary nitrogens is 1. The molecule has 0 spiro atoms. The smallest absolute Gasteiger partial charge is 0.391 e. The number of hydrogen-bond donors (Lipinski definition) is 3. The molecule has 0 aromatic carbocycles. The number of rotatable bonds is 44. The molecule has 0 aliphatic heterocycles. The number of allylic oxidation sites excluding steroid dienone is 6. The molecule has 1 amide bonds. The fourth-order valence-electron chi connectivity index (χ4n) is 7.06. The summed E-state index contributed by atoms with van der Waals surface area (Å²) in [6.45, 7) is 4.77. The zero-order chi connectivity index (χ0) is 42.8. The Kier molecular flexibility index (Phi) is 40.2. The summed E-state index contributed by atoms with van der Waals surface area (Å²) in [4.78, 5) is 23.2. The lowest BCUT2D eigenvalue weighted by atomic mass is 10.0. The Morgan fingerprint density at radius 1 is 0.603 bits per heavy atom. The number of carbonyl (C=O) groups is 1. The molecule has 3 atom stereocenters.